The van der Waals surface area contributed by atoms with Crippen molar-refractivity contribution in [1.82, 2.24) is 24.3 Å². The molecule has 5 rings (SSSR count). The fourth-order valence-corrected chi connectivity index (χ4v) is 3.52. The number of nitrogens with zero attached hydrogens (tertiary/aromatic N) is 5. The van der Waals surface area contributed by atoms with Crippen molar-refractivity contribution in [3.8, 4) is 23.0 Å². The van der Waals surface area contributed by atoms with Gasteiger partial charge in [-0.3, -0.25) is 4.40 Å². The normalized spacial score (nSPS) is 11.1. The molecule has 0 amide bonds. The summed E-state index contributed by atoms with van der Waals surface area (Å²) in [7, 11) is 1.53. The molecule has 148 valence electrons. The van der Waals surface area contributed by atoms with Crippen LogP contribution in [0.4, 0.5) is 5.95 Å². The van der Waals surface area contributed by atoms with Gasteiger partial charge in [0.2, 0.25) is 5.95 Å². The highest BCUT2D eigenvalue weighted by Crippen LogP contribution is 2.40. The Hall–Kier alpha value is -4.20. The smallest absolute Gasteiger partial charge is 0.316 e. The van der Waals surface area contributed by atoms with Gasteiger partial charge in [-0.2, -0.15) is 4.98 Å². The number of pyridine rings is 1. The van der Waals surface area contributed by atoms with Gasteiger partial charge in [-0.05, 0) is 23.8 Å². The molecule has 8 heteroatoms. The van der Waals surface area contributed by atoms with Crippen LogP contribution in [0.5, 0.6) is 11.8 Å². The van der Waals surface area contributed by atoms with E-state index in [4.69, 9.17) is 15.2 Å². The minimum absolute atomic E-state index is 0.276. The predicted molar refractivity (Wildman–Crippen MR) is 113 cm³/mol. The maximum Gasteiger partial charge on any atom is 0.316 e. The number of hydrogen-bond acceptors (Lipinski definition) is 7. The van der Waals surface area contributed by atoms with Crippen LogP contribution < -0.4 is 15.2 Å². The van der Waals surface area contributed by atoms with Crippen molar-refractivity contribution < 1.29 is 9.47 Å². The molecule has 0 unspecified atom stereocenters. The van der Waals surface area contributed by atoms with Gasteiger partial charge in [0.15, 0.2) is 5.65 Å². The molecule has 5 aromatic rings. The van der Waals surface area contributed by atoms with E-state index in [9.17, 15) is 0 Å². The molecule has 4 heterocycles. The Morgan fingerprint density at radius 3 is 2.57 bits per heavy atom. The average molecular weight is 398 g/mol. The molecular weight excluding hydrogens is 380 g/mol. The maximum absolute atomic E-state index is 6.20. The number of nitrogens with two attached hydrogens (primary N) is 1. The van der Waals surface area contributed by atoms with E-state index in [1.807, 2.05) is 48.5 Å². The minimum Gasteiger partial charge on any atom is -0.488 e. The second-order valence-corrected chi connectivity index (χ2v) is 6.61. The molecule has 0 saturated heterocycles. The van der Waals surface area contributed by atoms with Crippen LogP contribution in [0.2, 0.25) is 0 Å². The molecule has 1 aromatic carbocycles. The summed E-state index contributed by atoms with van der Waals surface area (Å²) in [6, 6.07) is 15.8. The van der Waals surface area contributed by atoms with Crippen LogP contribution in [-0.4, -0.2) is 31.4 Å². The van der Waals surface area contributed by atoms with Crippen molar-refractivity contribution in [1.29, 1.82) is 0 Å². The third kappa shape index (κ3) is 2.95. The summed E-state index contributed by atoms with van der Waals surface area (Å²) in [5.41, 5.74) is 10.2. The van der Waals surface area contributed by atoms with E-state index in [1.54, 1.807) is 23.0 Å². The van der Waals surface area contributed by atoms with Gasteiger partial charge in [-0.15, -0.1) is 0 Å². The van der Waals surface area contributed by atoms with Gasteiger partial charge in [0.1, 0.15) is 12.4 Å². The van der Waals surface area contributed by atoms with E-state index in [-0.39, 0.29) is 6.01 Å². The first kappa shape index (κ1) is 17.9. The Kier molecular flexibility index (Phi) is 4.36. The van der Waals surface area contributed by atoms with Gasteiger partial charge >= 0.3 is 6.01 Å². The van der Waals surface area contributed by atoms with E-state index in [0.29, 0.717) is 29.6 Å². The zero-order valence-corrected chi connectivity index (χ0v) is 16.2. The van der Waals surface area contributed by atoms with Crippen LogP contribution >= 0.6 is 0 Å². The van der Waals surface area contributed by atoms with Gasteiger partial charge in [0.25, 0.3) is 0 Å². The number of rotatable bonds is 5. The van der Waals surface area contributed by atoms with Crippen molar-refractivity contribution in [3.05, 3.63) is 72.7 Å². The lowest BCUT2D eigenvalue weighted by molar-refractivity contribution is 0.310. The third-order valence-electron chi connectivity index (χ3n) is 4.83. The van der Waals surface area contributed by atoms with E-state index < -0.39 is 0 Å². The van der Waals surface area contributed by atoms with Crippen molar-refractivity contribution in [2.24, 2.45) is 0 Å². The summed E-state index contributed by atoms with van der Waals surface area (Å²) < 4.78 is 13.2. The number of aromatic nitrogens is 5. The van der Waals surface area contributed by atoms with Gasteiger partial charge in [-0.25, -0.2) is 15.0 Å². The third-order valence-corrected chi connectivity index (χ3v) is 4.83. The van der Waals surface area contributed by atoms with Gasteiger partial charge < -0.3 is 15.2 Å². The van der Waals surface area contributed by atoms with Gasteiger partial charge in [0.05, 0.1) is 23.7 Å². The van der Waals surface area contributed by atoms with E-state index in [1.165, 1.54) is 7.11 Å². The molecule has 4 aromatic heterocycles. The Bertz CT molecular complexity index is 1350. The molecule has 0 bridgehead atoms. The van der Waals surface area contributed by atoms with Crippen LogP contribution in [-0.2, 0) is 6.61 Å². The fourth-order valence-electron chi connectivity index (χ4n) is 3.52. The summed E-state index contributed by atoms with van der Waals surface area (Å²) in [5, 5.41) is 0.800. The Morgan fingerprint density at radius 2 is 1.73 bits per heavy atom. The fraction of sp³-hybridized carbons (Fsp3) is 0.0909. The second-order valence-electron chi connectivity index (χ2n) is 6.61. The number of hydrogen-bond donors (Lipinski definition) is 1. The molecule has 0 radical (unpaired) electrons. The van der Waals surface area contributed by atoms with Gasteiger partial charge in [0, 0.05) is 24.2 Å². The molecule has 0 aliphatic carbocycles. The lowest BCUT2D eigenvalue weighted by Gasteiger charge is -2.09. The minimum atomic E-state index is 0.276. The Morgan fingerprint density at radius 1 is 0.933 bits per heavy atom. The first-order valence-electron chi connectivity index (χ1n) is 9.34. The first-order valence-corrected chi connectivity index (χ1v) is 9.34. The zero-order valence-electron chi connectivity index (χ0n) is 16.2. The van der Waals surface area contributed by atoms with E-state index in [2.05, 4.69) is 19.9 Å². The molecule has 0 atom stereocenters. The number of ether oxygens (including phenoxy) is 2. The molecule has 0 aliphatic heterocycles. The molecule has 0 saturated carbocycles. The molecule has 30 heavy (non-hydrogen) atoms. The van der Waals surface area contributed by atoms with Crippen LogP contribution in [0, 0.1) is 0 Å². The van der Waals surface area contributed by atoms with Crippen molar-refractivity contribution in [2.45, 2.75) is 6.61 Å². The zero-order chi connectivity index (χ0) is 20.5. The topological polar surface area (TPSA) is 100 Å². The number of methoxy groups -OCH3 is 1. The van der Waals surface area contributed by atoms with Crippen LogP contribution in [0.15, 0.2) is 67.1 Å². The quantitative estimate of drug-likeness (QED) is 0.483. The van der Waals surface area contributed by atoms with Crippen LogP contribution in [0.1, 0.15) is 5.56 Å². The van der Waals surface area contributed by atoms with Gasteiger partial charge in [-0.1, -0.05) is 30.3 Å². The van der Waals surface area contributed by atoms with Crippen molar-refractivity contribution in [3.63, 3.8) is 0 Å². The summed E-state index contributed by atoms with van der Waals surface area (Å²) in [4.78, 5) is 17.4. The monoisotopic (exact) mass is 398 g/mol. The highest BCUT2D eigenvalue weighted by molar-refractivity contribution is 6.07. The highest BCUT2D eigenvalue weighted by atomic mass is 16.5. The molecule has 0 spiro atoms. The lowest BCUT2D eigenvalue weighted by atomic mass is 10.1. The molecule has 2 N–H and O–H groups in total. The number of benzene rings is 1. The number of fused-ring (bicyclic) bond motifs is 3. The Balaban J connectivity index is 1.76. The average Bonchev–Trinajstić information content (AvgIpc) is 3.14. The first-order chi connectivity index (χ1) is 14.8. The highest BCUT2D eigenvalue weighted by Gasteiger charge is 2.21. The number of nitrogen functional groups attached to an aromatic ring is 1. The van der Waals surface area contributed by atoms with Crippen LogP contribution in [0.25, 0.3) is 27.8 Å². The van der Waals surface area contributed by atoms with Crippen molar-refractivity contribution >= 4 is 22.5 Å². The Labute approximate surface area is 172 Å². The predicted octanol–water partition coefficient (Wildman–Crippen LogP) is 3.51. The number of anilines is 1. The molecule has 8 nitrogen and oxygen atoms in total. The van der Waals surface area contributed by atoms with Crippen molar-refractivity contribution in [2.75, 3.05) is 12.8 Å². The molecule has 0 aliphatic rings. The molecular formula is C22H18N6O2. The summed E-state index contributed by atoms with van der Waals surface area (Å²) >= 11 is 0. The lowest BCUT2D eigenvalue weighted by Crippen LogP contribution is -2.00. The van der Waals surface area contributed by atoms with E-state index >= 15 is 0 Å². The SMILES string of the molecule is COc1nccc(-c2c3c(OCc4ccccc4)ccnc3n3c(N)nccc23)n1. The summed E-state index contributed by atoms with van der Waals surface area (Å²) in [6.07, 6.45) is 5.02. The molecule has 0 fully saturated rings. The van der Waals surface area contributed by atoms with Crippen LogP contribution in [0.3, 0.4) is 0 Å². The second kappa shape index (κ2) is 7.32. The summed E-state index contributed by atoms with van der Waals surface area (Å²) in [6.45, 7) is 0.423. The van der Waals surface area contributed by atoms with E-state index in [0.717, 1.165) is 22.0 Å². The summed E-state index contributed by atoms with van der Waals surface area (Å²) in [5.74, 6) is 1.01. The standard InChI is InChI=1S/C22H18N6O2/c1-29-22-26-10-7-15(27-22)18-16-8-11-25-21(23)28(16)20-19(18)17(9-12-24-20)30-13-14-5-3-2-4-6-14/h2-12H,13H2,1H3,(H2,23,25). The largest absolute Gasteiger partial charge is 0.488 e. The maximum atomic E-state index is 6.20.